The number of hydrogen-bond donors (Lipinski definition) is 2. The first-order chi connectivity index (χ1) is 31.4. The number of nitrogens with one attached hydrogen (secondary N) is 1. The summed E-state index contributed by atoms with van der Waals surface area (Å²) in [5, 5.41) is 13.4. The molecule has 0 saturated heterocycles. The highest BCUT2D eigenvalue weighted by atomic mass is 16.5. The minimum atomic E-state index is -0.640. The molecule has 3 fully saturated rings. The number of carboxylic acids is 1. The number of benzene rings is 5. The summed E-state index contributed by atoms with van der Waals surface area (Å²) in [5.74, 6) is 1.93. The number of aliphatic carboxylic acids is 1. The fourth-order valence-corrected chi connectivity index (χ4v) is 13.5. The third-order valence-electron chi connectivity index (χ3n) is 17.4. The summed E-state index contributed by atoms with van der Waals surface area (Å²) in [6.07, 6.45) is 13.6. The summed E-state index contributed by atoms with van der Waals surface area (Å²) in [5.41, 5.74) is 8.20. The van der Waals surface area contributed by atoms with Crippen LogP contribution in [0.5, 0.6) is 11.5 Å². The molecule has 2 N–H and O–H groups in total. The maximum atomic E-state index is 14.0. The van der Waals surface area contributed by atoms with Gasteiger partial charge in [0, 0.05) is 12.0 Å². The number of fused-ring (bicyclic) bond motifs is 6. The van der Waals surface area contributed by atoms with E-state index < -0.39 is 11.4 Å². The molecule has 0 heterocycles. The number of carboxylic acid groups (broad SMARTS) is 1. The predicted molar refractivity (Wildman–Crippen MR) is 259 cm³/mol. The molecular formula is C59H69NO5. The van der Waals surface area contributed by atoms with E-state index in [1.54, 1.807) is 0 Å². The van der Waals surface area contributed by atoms with Gasteiger partial charge in [-0.3, -0.25) is 9.59 Å². The van der Waals surface area contributed by atoms with Gasteiger partial charge in [0.1, 0.15) is 24.7 Å². The van der Waals surface area contributed by atoms with E-state index in [1.165, 1.54) is 39.8 Å². The molecule has 0 spiro atoms. The van der Waals surface area contributed by atoms with Crippen LogP contribution in [0.25, 0.3) is 0 Å². The van der Waals surface area contributed by atoms with Crippen molar-refractivity contribution in [2.45, 2.75) is 141 Å². The highest BCUT2D eigenvalue weighted by molar-refractivity contribution is 5.83. The largest absolute Gasteiger partial charge is 0.489 e. The number of rotatable bonds is 11. The van der Waals surface area contributed by atoms with Crippen molar-refractivity contribution in [2.75, 3.05) is 6.54 Å². The zero-order chi connectivity index (χ0) is 45.3. The Morgan fingerprint density at radius 1 is 0.569 bits per heavy atom. The van der Waals surface area contributed by atoms with Gasteiger partial charge in [-0.1, -0.05) is 143 Å². The van der Waals surface area contributed by atoms with E-state index in [9.17, 15) is 14.7 Å². The van der Waals surface area contributed by atoms with Gasteiger partial charge < -0.3 is 19.9 Å². The molecule has 65 heavy (non-hydrogen) atoms. The van der Waals surface area contributed by atoms with E-state index in [-0.39, 0.29) is 33.5 Å². The van der Waals surface area contributed by atoms with Crippen LogP contribution >= 0.6 is 0 Å². The van der Waals surface area contributed by atoms with Gasteiger partial charge in [-0.15, -0.1) is 0 Å². The number of aryl methyl sites for hydroxylation is 2. The molecule has 3 saturated carbocycles. The monoisotopic (exact) mass is 872 g/mol. The Morgan fingerprint density at radius 2 is 1.02 bits per heavy atom. The lowest BCUT2D eigenvalue weighted by atomic mass is 9.49. The topological polar surface area (TPSA) is 84.9 Å². The van der Waals surface area contributed by atoms with Crippen molar-refractivity contribution in [2.24, 2.45) is 22.7 Å². The van der Waals surface area contributed by atoms with Crippen molar-refractivity contribution in [3.63, 3.8) is 0 Å². The molecule has 0 radical (unpaired) electrons. The third-order valence-corrected chi connectivity index (χ3v) is 17.4. The van der Waals surface area contributed by atoms with Crippen LogP contribution in [0, 0.1) is 22.7 Å². The molecule has 6 heteroatoms. The first-order valence-electron chi connectivity index (χ1n) is 24.5. The molecule has 1 amide bonds. The average Bonchev–Trinajstić information content (AvgIpc) is 3.31. The molecule has 0 bridgehead atoms. The number of hydrogen-bond acceptors (Lipinski definition) is 4. The molecular weight excluding hydrogens is 803 g/mol. The molecule has 6 nitrogen and oxygen atoms in total. The molecule has 5 aromatic carbocycles. The van der Waals surface area contributed by atoms with E-state index in [1.807, 2.05) is 31.2 Å². The van der Waals surface area contributed by atoms with Crippen molar-refractivity contribution in [1.29, 1.82) is 0 Å². The highest BCUT2D eigenvalue weighted by Gasteiger charge is 2.57. The zero-order valence-corrected chi connectivity index (χ0v) is 39.2. The minimum Gasteiger partial charge on any atom is -0.489 e. The van der Waals surface area contributed by atoms with Gasteiger partial charge >= 0.3 is 5.97 Å². The Kier molecular flexibility index (Phi) is 12.5. The van der Waals surface area contributed by atoms with Gasteiger partial charge in [0.05, 0.1) is 10.8 Å². The summed E-state index contributed by atoms with van der Waals surface area (Å²) in [7, 11) is 0. The van der Waals surface area contributed by atoms with Crippen molar-refractivity contribution < 1.29 is 24.2 Å². The Labute approximate surface area is 387 Å². The maximum Gasteiger partial charge on any atom is 0.309 e. The lowest BCUT2D eigenvalue weighted by Gasteiger charge is -2.55. The first-order valence-corrected chi connectivity index (χ1v) is 24.5. The quantitative estimate of drug-likeness (QED) is 0.138. The molecule has 5 aliphatic carbocycles. The zero-order valence-electron chi connectivity index (χ0n) is 39.2. The minimum absolute atomic E-state index is 0.0162. The van der Waals surface area contributed by atoms with Crippen LogP contribution < -0.4 is 14.8 Å². The molecule has 340 valence electrons. The standard InChI is InChI=1S/C35H41NO2.C24H28O3/c1-33-19-9-20-34(2,32(37)36-25-35(21-10-22-35)28-13-7-4-8-14-28)31(33)18-16-27-15-17-29(23-30(27)33)38-24-26-11-5-3-6-12-26;1-23-13-6-14-24(2,22(25)26)21(23)12-10-18-9-11-19(15-20(18)23)27-16-17-7-4-3-5-8-17/h3-8,11-15,17,23,31H,9-10,16,18-22,24-25H2,1-2H3,(H,36,37);3-5,7-9,11,15,21H,6,10,12-14,16H2,1-2H3,(H,25,26)/t31-,33-,34+;21-,23-,24+/m11/s1. The Hall–Kier alpha value is -5.36. The molecule has 10 rings (SSSR count). The van der Waals surface area contributed by atoms with Crippen molar-refractivity contribution in [3.05, 3.63) is 166 Å². The lowest BCUT2D eigenvalue weighted by molar-refractivity contribution is -0.157. The van der Waals surface area contributed by atoms with Crippen molar-refractivity contribution >= 4 is 11.9 Å². The molecule has 0 unspecified atom stereocenters. The van der Waals surface area contributed by atoms with E-state index in [2.05, 4.69) is 129 Å². The van der Waals surface area contributed by atoms with Gasteiger partial charge in [0.25, 0.3) is 0 Å². The molecule has 5 aliphatic rings. The SMILES string of the molecule is C[C@]1(C(=O)NCC2(c3ccccc3)CCC2)CCC[C@]2(C)c3cc(OCc4ccccc4)ccc3CC[C@@H]12.C[C@]1(C(=O)O)CCC[C@]2(C)c3cc(OCc4ccccc4)ccc3CC[C@@H]12. The highest BCUT2D eigenvalue weighted by Crippen LogP contribution is 2.59. The second-order valence-electron chi connectivity index (χ2n) is 21.2. The summed E-state index contributed by atoms with van der Waals surface area (Å²) < 4.78 is 12.3. The van der Waals surface area contributed by atoms with Crippen LogP contribution in [0.4, 0.5) is 0 Å². The van der Waals surface area contributed by atoms with Crippen LogP contribution in [0.1, 0.15) is 137 Å². The lowest BCUT2D eigenvalue weighted by Crippen LogP contribution is -2.57. The van der Waals surface area contributed by atoms with Crippen molar-refractivity contribution in [1.82, 2.24) is 5.32 Å². The fraction of sp³-hybridized carbons (Fsp3) is 0.458. The molecule has 5 aromatic rings. The summed E-state index contributed by atoms with van der Waals surface area (Å²) in [6.45, 7) is 10.8. The van der Waals surface area contributed by atoms with Gasteiger partial charge in [-0.05, 0) is 157 Å². The van der Waals surface area contributed by atoms with Crippen LogP contribution in [0.2, 0.25) is 0 Å². The first kappa shape index (κ1) is 44.8. The average molecular weight is 872 g/mol. The van der Waals surface area contributed by atoms with Gasteiger partial charge in [-0.2, -0.15) is 0 Å². The summed E-state index contributed by atoms with van der Waals surface area (Å²) >= 11 is 0. The van der Waals surface area contributed by atoms with E-state index >= 15 is 0 Å². The number of ether oxygens (including phenoxy) is 2. The summed E-state index contributed by atoms with van der Waals surface area (Å²) in [6, 6.07) is 44.4. The van der Waals surface area contributed by atoms with Gasteiger partial charge in [-0.25, -0.2) is 0 Å². The number of carbonyl (C=O) groups is 2. The maximum absolute atomic E-state index is 14.0. The Morgan fingerprint density at radius 3 is 1.48 bits per heavy atom. The normalized spacial score (nSPS) is 28.2. The smallest absolute Gasteiger partial charge is 0.309 e. The second kappa shape index (κ2) is 18.1. The summed E-state index contributed by atoms with van der Waals surface area (Å²) in [4.78, 5) is 26.1. The second-order valence-corrected chi connectivity index (χ2v) is 21.2. The fourth-order valence-electron chi connectivity index (χ4n) is 13.5. The predicted octanol–water partition coefficient (Wildman–Crippen LogP) is 12.9. The molecule has 0 aromatic heterocycles. The third kappa shape index (κ3) is 8.51. The molecule has 6 atom stereocenters. The Bertz CT molecular complexity index is 2470. The van der Waals surface area contributed by atoms with Gasteiger partial charge in [0.15, 0.2) is 0 Å². The van der Waals surface area contributed by atoms with E-state index in [0.717, 1.165) is 101 Å². The van der Waals surface area contributed by atoms with Crippen LogP contribution in [0.15, 0.2) is 127 Å². The van der Waals surface area contributed by atoms with E-state index in [4.69, 9.17) is 9.47 Å². The van der Waals surface area contributed by atoms with Crippen LogP contribution in [-0.2, 0) is 51.9 Å². The molecule has 0 aliphatic heterocycles. The number of amides is 1. The van der Waals surface area contributed by atoms with Gasteiger partial charge in [0.2, 0.25) is 5.91 Å². The van der Waals surface area contributed by atoms with Crippen LogP contribution in [-0.4, -0.2) is 23.5 Å². The Balaban J connectivity index is 0.000000174. The van der Waals surface area contributed by atoms with Crippen LogP contribution in [0.3, 0.4) is 0 Å². The van der Waals surface area contributed by atoms with E-state index in [0.29, 0.717) is 19.1 Å². The van der Waals surface area contributed by atoms with Crippen molar-refractivity contribution in [3.8, 4) is 11.5 Å². The number of carbonyl (C=O) groups excluding carboxylic acids is 1.